The predicted molar refractivity (Wildman–Crippen MR) is 71.4 cm³/mol. The summed E-state index contributed by atoms with van der Waals surface area (Å²) in [4.78, 5) is 11.9. The number of sulfonamides is 1. The maximum atomic E-state index is 12.1. The fourth-order valence-corrected chi connectivity index (χ4v) is 2.35. The van der Waals surface area contributed by atoms with E-state index in [4.69, 9.17) is 14.6 Å². The number of primary sulfonamides is 1. The molecule has 0 bridgehead atoms. The molecule has 1 aliphatic rings. The van der Waals surface area contributed by atoms with Gasteiger partial charge in [-0.25, -0.2) is 13.6 Å². The minimum Gasteiger partial charge on any atom is -0.486 e. The van der Waals surface area contributed by atoms with Crippen LogP contribution in [0.15, 0.2) is 17.0 Å². The molecular formula is C12H16N2O5S. The van der Waals surface area contributed by atoms with Gasteiger partial charge in [0.15, 0.2) is 11.5 Å². The molecule has 1 amide bonds. The molecule has 0 spiro atoms. The first-order valence-corrected chi connectivity index (χ1v) is 7.61. The molecule has 7 nitrogen and oxygen atoms in total. The number of nitrogens with one attached hydrogen (secondary N) is 1. The maximum Gasteiger partial charge on any atom is 0.255 e. The molecule has 1 aliphatic heterocycles. The van der Waals surface area contributed by atoms with Crippen LogP contribution in [0.5, 0.6) is 11.5 Å². The zero-order valence-electron chi connectivity index (χ0n) is 11.2. The number of carbonyl (C=O) groups is 1. The van der Waals surface area contributed by atoms with Gasteiger partial charge in [0.1, 0.15) is 13.2 Å². The van der Waals surface area contributed by atoms with Gasteiger partial charge in [0.05, 0.1) is 10.5 Å². The summed E-state index contributed by atoms with van der Waals surface area (Å²) >= 11 is 0. The summed E-state index contributed by atoms with van der Waals surface area (Å²) < 4.78 is 33.7. The lowest BCUT2D eigenvalue weighted by Crippen LogP contribution is -2.31. The van der Waals surface area contributed by atoms with Crippen LogP contribution >= 0.6 is 0 Å². The van der Waals surface area contributed by atoms with Gasteiger partial charge in [-0.1, -0.05) is 0 Å². The fraction of sp³-hybridized carbons (Fsp3) is 0.417. The summed E-state index contributed by atoms with van der Waals surface area (Å²) in [6, 6.07) is 2.36. The Bertz CT molecular complexity index is 639. The van der Waals surface area contributed by atoms with E-state index in [1.165, 1.54) is 12.1 Å². The third-order valence-electron chi connectivity index (χ3n) is 2.61. The molecule has 20 heavy (non-hydrogen) atoms. The van der Waals surface area contributed by atoms with Gasteiger partial charge in [-0.05, 0) is 19.9 Å². The van der Waals surface area contributed by atoms with Gasteiger partial charge in [-0.2, -0.15) is 0 Å². The zero-order chi connectivity index (χ0) is 14.9. The van der Waals surface area contributed by atoms with Crippen LogP contribution in [0.25, 0.3) is 0 Å². The van der Waals surface area contributed by atoms with Crippen molar-refractivity contribution in [1.82, 2.24) is 5.32 Å². The molecule has 0 radical (unpaired) electrons. The topological polar surface area (TPSA) is 108 Å². The number of hydrogen-bond donors (Lipinski definition) is 2. The van der Waals surface area contributed by atoms with Crippen molar-refractivity contribution in [3.8, 4) is 11.5 Å². The predicted octanol–water partition coefficient (Wildman–Crippen LogP) is 0.243. The van der Waals surface area contributed by atoms with E-state index in [0.29, 0.717) is 6.61 Å². The smallest absolute Gasteiger partial charge is 0.255 e. The highest BCUT2D eigenvalue weighted by Gasteiger charge is 2.25. The molecule has 2 rings (SSSR count). The Kier molecular flexibility index (Phi) is 3.87. The zero-order valence-corrected chi connectivity index (χ0v) is 12.0. The molecule has 0 atom stereocenters. The second-order valence-corrected chi connectivity index (χ2v) is 6.23. The maximum absolute atomic E-state index is 12.1. The van der Waals surface area contributed by atoms with Crippen molar-refractivity contribution in [3.05, 3.63) is 17.7 Å². The molecule has 1 aromatic carbocycles. The standard InChI is InChI=1S/C12H16N2O5S/c1-7(2)14-12(15)9-5-8(20(13,16)17)6-10-11(9)19-4-3-18-10/h5-7H,3-4H2,1-2H3,(H,14,15)(H2,13,16,17). The highest BCUT2D eigenvalue weighted by molar-refractivity contribution is 7.89. The summed E-state index contributed by atoms with van der Waals surface area (Å²) in [5, 5.41) is 7.78. The summed E-state index contributed by atoms with van der Waals surface area (Å²) in [7, 11) is -3.94. The minimum absolute atomic E-state index is 0.0965. The third kappa shape index (κ3) is 3.02. The first-order chi connectivity index (χ1) is 9.29. The Morgan fingerprint density at radius 3 is 2.55 bits per heavy atom. The van der Waals surface area contributed by atoms with Crippen molar-refractivity contribution in [3.63, 3.8) is 0 Å². The Balaban J connectivity index is 2.56. The van der Waals surface area contributed by atoms with Crippen molar-refractivity contribution < 1.29 is 22.7 Å². The number of benzene rings is 1. The van der Waals surface area contributed by atoms with Gasteiger partial charge in [-0.3, -0.25) is 4.79 Å². The normalized spacial score (nSPS) is 14.2. The van der Waals surface area contributed by atoms with E-state index in [9.17, 15) is 13.2 Å². The molecule has 1 heterocycles. The van der Waals surface area contributed by atoms with E-state index in [1.54, 1.807) is 13.8 Å². The Labute approximate surface area is 117 Å². The Morgan fingerprint density at radius 1 is 1.30 bits per heavy atom. The number of ether oxygens (including phenoxy) is 2. The molecular weight excluding hydrogens is 284 g/mol. The highest BCUT2D eigenvalue weighted by Crippen LogP contribution is 2.36. The first-order valence-electron chi connectivity index (χ1n) is 6.06. The summed E-state index contributed by atoms with van der Waals surface area (Å²) in [6.45, 7) is 4.17. The van der Waals surface area contributed by atoms with Crippen LogP contribution in [0, 0.1) is 0 Å². The molecule has 0 aromatic heterocycles. The highest BCUT2D eigenvalue weighted by atomic mass is 32.2. The van der Waals surface area contributed by atoms with E-state index < -0.39 is 15.9 Å². The van der Waals surface area contributed by atoms with Gasteiger partial charge in [0.25, 0.3) is 5.91 Å². The van der Waals surface area contributed by atoms with Crippen molar-refractivity contribution in [2.24, 2.45) is 5.14 Å². The SMILES string of the molecule is CC(C)NC(=O)c1cc(S(N)(=O)=O)cc2c1OCCO2. The number of hydrogen-bond acceptors (Lipinski definition) is 5. The molecule has 0 aliphatic carbocycles. The molecule has 1 aromatic rings. The van der Waals surface area contributed by atoms with E-state index in [1.807, 2.05) is 0 Å². The van der Waals surface area contributed by atoms with Crippen LogP contribution in [0.1, 0.15) is 24.2 Å². The van der Waals surface area contributed by atoms with Crippen molar-refractivity contribution in [2.75, 3.05) is 13.2 Å². The minimum atomic E-state index is -3.94. The van der Waals surface area contributed by atoms with Crippen LogP contribution in [-0.4, -0.2) is 33.6 Å². The second-order valence-electron chi connectivity index (χ2n) is 4.67. The summed E-state index contributed by atoms with van der Waals surface area (Å²) in [5.74, 6) is 0.00531. The molecule has 8 heteroatoms. The average molecular weight is 300 g/mol. The largest absolute Gasteiger partial charge is 0.486 e. The number of amides is 1. The van der Waals surface area contributed by atoms with Crippen LogP contribution in [0.2, 0.25) is 0 Å². The van der Waals surface area contributed by atoms with Gasteiger partial charge < -0.3 is 14.8 Å². The Morgan fingerprint density at radius 2 is 1.95 bits per heavy atom. The summed E-state index contributed by atoms with van der Waals surface area (Å²) in [6.07, 6.45) is 0. The van der Waals surface area contributed by atoms with E-state index >= 15 is 0 Å². The van der Waals surface area contributed by atoms with Gasteiger partial charge in [0, 0.05) is 12.1 Å². The lowest BCUT2D eigenvalue weighted by atomic mass is 10.1. The fourth-order valence-electron chi connectivity index (χ4n) is 1.80. The molecule has 0 unspecified atom stereocenters. The number of carbonyl (C=O) groups excluding carboxylic acids is 1. The Hall–Kier alpha value is -1.80. The van der Waals surface area contributed by atoms with E-state index in [0.717, 1.165) is 0 Å². The van der Waals surface area contributed by atoms with Crippen molar-refractivity contribution >= 4 is 15.9 Å². The number of rotatable bonds is 3. The van der Waals surface area contributed by atoms with E-state index in [-0.39, 0.29) is 34.6 Å². The number of nitrogens with two attached hydrogens (primary N) is 1. The third-order valence-corrected chi connectivity index (χ3v) is 3.50. The van der Waals surface area contributed by atoms with Crippen LogP contribution < -0.4 is 19.9 Å². The van der Waals surface area contributed by atoms with E-state index in [2.05, 4.69) is 5.32 Å². The first kappa shape index (κ1) is 14.6. The molecule has 3 N–H and O–H groups in total. The monoisotopic (exact) mass is 300 g/mol. The van der Waals surface area contributed by atoms with Crippen LogP contribution in [0.4, 0.5) is 0 Å². The molecule has 0 fully saturated rings. The second kappa shape index (κ2) is 5.29. The van der Waals surface area contributed by atoms with Gasteiger partial charge in [0.2, 0.25) is 10.0 Å². The number of fused-ring (bicyclic) bond motifs is 1. The van der Waals surface area contributed by atoms with Crippen molar-refractivity contribution in [1.29, 1.82) is 0 Å². The van der Waals surface area contributed by atoms with Crippen LogP contribution in [0.3, 0.4) is 0 Å². The van der Waals surface area contributed by atoms with Crippen molar-refractivity contribution in [2.45, 2.75) is 24.8 Å². The molecule has 0 saturated heterocycles. The molecule has 110 valence electrons. The van der Waals surface area contributed by atoms with Gasteiger partial charge >= 0.3 is 0 Å². The summed E-state index contributed by atoms with van der Waals surface area (Å²) in [5.41, 5.74) is 0.0972. The lowest BCUT2D eigenvalue weighted by Gasteiger charge is -2.22. The van der Waals surface area contributed by atoms with Gasteiger partial charge in [-0.15, -0.1) is 0 Å². The van der Waals surface area contributed by atoms with Crippen LogP contribution in [-0.2, 0) is 10.0 Å². The molecule has 0 saturated carbocycles. The average Bonchev–Trinajstić information content (AvgIpc) is 2.35. The quantitative estimate of drug-likeness (QED) is 0.831. The lowest BCUT2D eigenvalue weighted by molar-refractivity contribution is 0.0931.